The van der Waals surface area contributed by atoms with Gasteiger partial charge in [0.2, 0.25) is 0 Å². The third kappa shape index (κ3) is 12.9. The van der Waals surface area contributed by atoms with Crippen LogP contribution in [0.15, 0.2) is 97.6 Å². The topological polar surface area (TPSA) is 191 Å². The number of benzene rings is 4. The van der Waals surface area contributed by atoms with E-state index < -0.39 is 23.8 Å². The highest BCUT2D eigenvalue weighted by molar-refractivity contribution is 6.32. The number of carbonyl (C=O) groups is 2. The molecule has 6 aromatic rings. The van der Waals surface area contributed by atoms with Crippen LogP contribution in [-0.2, 0) is 49.1 Å². The van der Waals surface area contributed by atoms with Crippen molar-refractivity contribution in [2.75, 3.05) is 26.2 Å². The van der Waals surface area contributed by atoms with Crippen molar-refractivity contribution in [2.45, 2.75) is 79.0 Å². The molecule has 2 aliphatic rings. The highest BCUT2D eigenvalue weighted by atomic mass is 35.5. The predicted molar refractivity (Wildman–Crippen MR) is 274 cm³/mol. The van der Waals surface area contributed by atoms with Gasteiger partial charge in [0.15, 0.2) is 0 Å². The summed E-state index contributed by atoms with van der Waals surface area (Å²) in [6.07, 6.45) is 10.5. The molecule has 0 amide bonds. The first-order valence-corrected chi connectivity index (χ1v) is 24.6. The Morgan fingerprint density at radius 2 is 1.14 bits per heavy atom. The monoisotopic (exact) mass is 1010 g/mol. The fourth-order valence-electron chi connectivity index (χ4n) is 9.36. The van der Waals surface area contributed by atoms with E-state index in [-0.39, 0.29) is 26.4 Å². The first-order chi connectivity index (χ1) is 34.8. The van der Waals surface area contributed by atoms with Gasteiger partial charge < -0.3 is 34.6 Å². The van der Waals surface area contributed by atoms with Crippen molar-refractivity contribution in [1.82, 2.24) is 19.8 Å². The molecule has 0 spiro atoms. The number of rotatable bonds is 20. The number of aromatic nitrogens is 2. The van der Waals surface area contributed by atoms with Crippen molar-refractivity contribution in [3.05, 3.63) is 163 Å². The van der Waals surface area contributed by atoms with Gasteiger partial charge in [-0.1, -0.05) is 59.6 Å². The number of pyridine rings is 2. The van der Waals surface area contributed by atoms with E-state index in [2.05, 4.69) is 51.8 Å². The summed E-state index contributed by atoms with van der Waals surface area (Å²) in [5, 5.41) is 37.3. The Kier molecular flexibility index (Phi) is 17.1. The van der Waals surface area contributed by atoms with Crippen molar-refractivity contribution >= 4 is 41.4 Å². The van der Waals surface area contributed by atoms with Gasteiger partial charge in [-0.05, 0) is 110 Å². The Labute approximate surface area is 429 Å². The maximum Gasteiger partial charge on any atom is 0.307 e. The lowest BCUT2D eigenvalue weighted by Crippen LogP contribution is -2.38. The van der Waals surface area contributed by atoms with Crippen molar-refractivity contribution in [3.63, 3.8) is 0 Å². The van der Waals surface area contributed by atoms with Crippen LogP contribution in [0.3, 0.4) is 0 Å². The van der Waals surface area contributed by atoms with Gasteiger partial charge in [0.25, 0.3) is 0 Å². The smallest absolute Gasteiger partial charge is 0.307 e. The maximum atomic E-state index is 11.9. The number of aliphatic carboxylic acids is 2. The van der Waals surface area contributed by atoms with Gasteiger partial charge >= 0.3 is 11.9 Å². The first kappa shape index (κ1) is 51.3. The summed E-state index contributed by atoms with van der Waals surface area (Å²) in [7, 11) is 0. The van der Waals surface area contributed by atoms with Crippen molar-refractivity contribution in [2.24, 2.45) is 11.8 Å². The lowest BCUT2D eigenvalue weighted by molar-refractivity contribution is -0.144. The quantitative estimate of drug-likeness (QED) is 0.0613. The Hall–Kier alpha value is -7.02. The summed E-state index contributed by atoms with van der Waals surface area (Å²) in [6.45, 7) is 8.14. The van der Waals surface area contributed by atoms with E-state index in [1.807, 2.05) is 42.5 Å². The minimum Gasteiger partial charge on any atom is -0.488 e. The fraction of sp³-hybridized carbons (Fsp3) is 0.321. The summed E-state index contributed by atoms with van der Waals surface area (Å²) in [5.74, 6) is -0.524. The highest BCUT2D eigenvalue weighted by Crippen LogP contribution is 2.39. The number of hydrogen-bond acceptors (Lipinski definition) is 12. The molecule has 2 saturated heterocycles. The van der Waals surface area contributed by atoms with Gasteiger partial charge in [0.05, 0.1) is 27.4 Å². The number of nitriles is 1. The number of carboxylic acids is 2. The SMILES string of the molecule is Cc1c(COc2cc(OCc3cncc(C#N)c3)c(CN3CCCC(C(=O)O)C3)cc2Cl)cccc1-c1cccc(COc2cc(OCc3cncc(C=N)c3)c(CN3CCCC(C(=O)O)C3)cc2Cl)c1C. The average molecular weight is 1010 g/mol. The van der Waals surface area contributed by atoms with Crippen LogP contribution in [0.5, 0.6) is 23.0 Å². The number of likely N-dealkylation sites (tertiary alicyclic amines) is 2. The van der Waals surface area contributed by atoms with Crippen LogP contribution in [-0.4, -0.2) is 74.3 Å². The van der Waals surface area contributed by atoms with E-state index in [1.165, 1.54) is 12.4 Å². The van der Waals surface area contributed by atoms with E-state index in [9.17, 15) is 25.1 Å². The van der Waals surface area contributed by atoms with Crippen LogP contribution in [0.4, 0.5) is 0 Å². The fourth-order valence-corrected chi connectivity index (χ4v) is 9.84. The molecule has 2 fully saturated rings. The molecule has 16 heteroatoms. The second-order valence-corrected chi connectivity index (χ2v) is 19.2. The van der Waals surface area contributed by atoms with Gasteiger partial charge in [-0.2, -0.15) is 5.26 Å². The van der Waals surface area contributed by atoms with E-state index in [4.69, 9.17) is 47.6 Å². The normalized spacial score (nSPS) is 16.1. The largest absolute Gasteiger partial charge is 0.488 e. The molecule has 0 radical (unpaired) electrons. The van der Waals surface area contributed by atoms with E-state index in [0.29, 0.717) is 83.2 Å². The average Bonchev–Trinajstić information content (AvgIpc) is 3.38. The van der Waals surface area contributed by atoms with Gasteiger partial charge in [-0.25, -0.2) is 0 Å². The molecule has 8 rings (SSSR count). The Balaban J connectivity index is 0.993. The Morgan fingerprint density at radius 1 is 0.667 bits per heavy atom. The molecule has 72 heavy (non-hydrogen) atoms. The third-order valence-electron chi connectivity index (χ3n) is 13.4. The zero-order valence-electron chi connectivity index (χ0n) is 40.2. The summed E-state index contributed by atoms with van der Waals surface area (Å²) in [4.78, 5) is 36.4. The lowest BCUT2D eigenvalue weighted by atomic mass is 9.92. The molecule has 372 valence electrons. The zero-order chi connectivity index (χ0) is 50.7. The van der Waals surface area contributed by atoms with E-state index in [0.717, 1.165) is 81.6 Å². The zero-order valence-corrected chi connectivity index (χ0v) is 41.7. The number of ether oxygens (including phenoxy) is 4. The molecule has 4 heterocycles. The predicted octanol–water partition coefficient (Wildman–Crippen LogP) is 10.8. The lowest BCUT2D eigenvalue weighted by Gasteiger charge is -2.31. The molecule has 2 aromatic heterocycles. The molecule has 4 aromatic carbocycles. The van der Waals surface area contributed by atoms with Crippen LogP contribution in [0.1, 0.15) is 81.3 Å². The van der Waals surface area contributed by atoms with Gasteiger partial charge in [-0.15, -0.1) is 0 Å². The van der Waals surface area contributed by atoms with E-state index >= 15 is 0 Å². The summed E-state index contributed by atoms with van der Waals surface area (Å²) in [5.41, 5.74) is 10.2. The first-order valence-electron chi connectivity index (χ1n) is 23.9. The highest BCUT2D eigenvalue weighted by Gasteiger charge is 2.28. The molecular weight excluding hydrogens is 956 g/mol. The van der Waals surface area contributed by atoms with Gasteiger partial charge in [0, 0.05) is 97.1 Å². The number of nitrogens with zero attached hydrogens (tertiary/aromatic N) is 5. The summed E-state index contributed by atoms with van der Waals surface area (Å²) in [6, 6.07) is 25.1. The van der Waals surface area contributed by atoms with Crippen molar-refractivity contribution in [3.8, 4) is 40.2 Å². The van der Waals surface area contributed by atoms with Crippen LogP contribution in [0.25, 0.3) is 11.1 Å². The molecule has 3 N–H and O–H groups in total. The third-order valence-corrected chi connectivity index (χ3v) is 14.0. The van der Waals surface area contributed by atoms with Gasteiger partial charge in [0.1, 0.15) is 55.5 Å². The van der Waals surface area contributed by atoms with Crippen LogP contribution >= 0.6 is 23.2 Å². The second kappa shape index (κ2) is 23.9. The van der Waals surface area contributed by atoms with Crippen molar-refractivity contribution in [1.29, 1.82) is 10.7 Å². The van der Waals surface area contributed by atoms with Crippen LogP contribution in [0, 0.1) is 42.4 Å². The minimum atomic E-state index is -0.800. The molecular formula is C56H56Cl2N6O8. The number of carboxylic acid groups (broad SMARTS) is 2. The molecule has 2 aliphatic heterocycles. The molecule has 0 aliphatic carbocycles. The number of hydrogen-bond donors (Lipinski definition) is 3. The molecule has 0 bridgehead atoms. The minimum absolute atomic E-state index is 0.144. The standard InChI is InChI=1S/C56H56Cl2N6O8/c1-35-43(33-71-53-19-51(69-31-39-15-37(21-59)23-61-25-39)45(17-49(53)57)29-63-13-5-9-41(27-63)55(65)66)7-3-11-47(35)48-12-4-8-44(36(48)2)34-72-54-20-52(70-32-40-16-38(22-60)24-62-26-40)46(18-50(54)58)30-64-14-6-10-42(28-64)56(67)68/h3-4,7-8,11-12,15-21,23-26,41-42,59H,5-6,9-10,13-14,27-34H2,1-2H3,(H,65,66)(H,67,68). The Bertz CT molecular complexity index is 3000. The number of halogens is 2. The molecule has 0 saturated carbocycles. The molecule has 2 unspecified atom stereocenters. The maximum absolute atomic E-state index is 11.9. The summed E-state index contributed by atoms with van der Waals surface area (Å²) >= 11 is 13.9. The summed E-state index contributed by atoms with van der Waals surface area (Å²) < 4.78 is 25.7. The van der Waals surface area contributed by atoms with Gasteiger partial charge in [-0.3, -0.25) is 29.4 Å². The molecule has 2 atom stereocenters. The van der Waals surface area contributed by atoms with Crippen LogP contribution in [0.2, 0.25) is 10.0 Å². The number of piperidine rings is 2. The van der Waals surface area contributed by atoms with E-state index in [1.54, 1.807) is 36.8 Å². The number of nitrogens with one attached hydrogen (secondary N) is 1. The second-order valence-electron chi connectivity index (χ2n) is 18.4. The van der Waals surface area contributed by atoms with Crippen LogP contribution < -0.4 is 18.9 Å². The molecule has 14 nitrogen and oxygen atoms in total. The Morgan fingerprint density at radius 3 is 1.61 bits per heavy atom. The van der Waals surface area contributed by atoms with Crippen molar-refractivity contribution < 1.29 is 38.7 Å².